The van der Waals surface area contributed by atoms with Crippen LogP contribution in [-0.2, 0) is 25.7 Å². The molecule has 46 heavy (non-hydrogen) atoms. The fraction of sp³-hybridized carbons (Fsp3) is 0.371. The molecular formula is C35H39F3N2O5Si. The van der Waals surface area contributed by atoms with Gasteiger partial charge in [-0.1, -0.05) is 112 Å². The van der Waals surface area contributed by atoms with Crippen molar-refractivity contribution in [3.8, 4) is 0 Å². The zero-order valence-corrected chi connectivity index (χ0v) is 27.5. The Hall–Kier alpha value is -3.77. The van der Waals surface area contributed by atoms with Crippen molar-refractivity contribution in [3.63, 3.8) is 0 Å². The van der Waals surface area contributed by atoms with Crippen molar-refractivity contribution in [3.05, 3.63) is 140 Å². The van der Waals surface area contributed by atoms with Gasteiger partial charge in [0.2, 0.25) is 0 Å². The Kier molecular flexibility index (Phi) is 9.34. The normalized spacial score (nSPS) is 19.3. The summed E-state index contributed by atoms with van der Waals surface area (Å²) >= 11 is 0. The van der Waals surface area contributed by atoms with Gasteiger partial charge in [0.1, 0.15) is 23.5 Å². The first kappa shape index (κ1) is 33.6. The topological polar surface area (TPSA) is 82.6 Å². The second-order valence-corrected chi connectivity index (χ2v) is 17.8. The number of alkyl halides is 3. The van der Waals surface area contributed by atoms with Crippen molar-refractivity contribution < 1.29 is 27.1 Å². The van der Waals surface area contributed by atoms with Gasteiger partial charge < -0.3 is 13.9 Å². The summed E-state index contributed by atoms with van der Waals surface area (Å²) in [6.45, 7) is 10.4. The first-order valence-electron chi connectivity index (χ1n) is 15.2. The molecule has 0 spiro atoms. The molecule has 7 nitrogen and oxygen atoms in total. The van der Waals surface area contributed by atoms with Crippen LogP contribution in [0.2, 0.25) is 18.1 Å². The van der Waals surface area contributed by atoms with Gasteiger partial charge in [-0.15, -0.1) is 0 Å². The van der Waals surface area contributed by atoms with Crippen LogP contribution in [0.25, 0.3) is 0 Å². The lowest BCUT2D eigenvalue weighted by molar-refractivity contribution is -0.139. The van der Waals surface area contributed by atoms with Crippen molar-refractivity contribution in [1.29, 1.82) is 0 Å². The molecule has 1 fully saturated rings. The summed E-state index contributed by atoms with van der Waals surface area (Å²) < 4.78 is 62.0. The number of H-pyrrole nitrogens is 1. The number of halogens is 3. The minimum absolute atomic E-state index is 0.0152. The minimum Gasteiger partial charge on any atom is -0.411 e. The third kappa shape index (κ3) is 6.68. The molecule has 11 heteroatoms. The summed E-state index contributed by atoms with van der Waals surface area (Å²) in [6.07, 6.45) is -6.85. The van der Waals surface area contributed by atoms with Crippen LogP contribution >= 0.6 is 0 Å². The van der Waals surface area contributed by atoms with E-state index in [1.807, 2.05) is 91.0 Å². The first-order chi connectivity index (χ1) is 21.6. The van der Waals surface area contributed by atoms with Crippen LogP contribution in [0.5, 0.6) is 0 Å². The van der Waals surface area contributed by atoms with Crippen LogP contribution in [0, 0.1) is 0 Å². The molecule has 1 aromatic heterocycles. The van der Waals surface area contributed by atoms with Gasteiger partial charge in [-0.05, 0) is 34.8 Å². The Morgan fingerprint density at radius 2 is 1.33 bits per heavy atom. The lowest BCUT2D eigenvalue weighted by atomic mass is 9.80. The molecule has 244 valence electrons. The van der Waals surface area contributed by atoms with Crippen LogP contribution in [0.3, 0.4) is 0 Å². The number of aromatic amines is 1. The summed E-state index contributed by atoms with van der Waals surface area (Å²) in [6, 6.07) is 29.3. The minimum atomic E-state index is -4.96. The van der Waals surface area contributed by atoms with E-state index in [4.69, 9.17) is 13.9 Å². The van der Waals surface area contributed by atoms with Gasteiger partial charge >= 0.3 is 11.9 Å². The molecule has 1 aliphatic heterocycles. The summed E-state index contributed by atoms with van der Waals surface area (Å²) in [7, 11) is -2.43. The van der Waals surface area contributed by atoms with Gasteiger partial charge in [0.25, 0.3) is 5.56 Å². The average molecular weight is 653 g/mol. The van der Waals surface area contributed by atoms with Gasteiger partial charge in [0.05, 0.1) is 12.7 Å². The molecule has 1 saturated heterocycles. The van der Waals surface area contributed by atoms with Crippen molar-refractivity contribution >= 4 is 8.32 Å². The number of benzene rings is 3. The smallest absolute Gasteiger partial charge is 0.411 e. The third-order valence-electron chi connectivity index (χ3n) is 9.02. The number of nitrogens with zero attached hydrogens (tertiary/aromatic N) is 1. The molecule has 0 radical (unpaired) electrons. The van der Waals surface area contributed by atoms with Crippen LogP contribution < -0.4 is 11.2 Å². The Balaban J connectivity index is 1.58. The van der Waals surface area contributed by atoms with E-state index in [1.54, 1.807) is 4.98 Å². The van der Waals surface area contributed by atoms with Crippen molar-refractivity contribution in [1.82, 2.24) is 9.55 Å². The van der Waals surface area contributed by atoms with E-state index >= 15 is 0 Å². The summed E-state index contributed by atoms with van der Waals surface area (Å²) in [5, 5.41) is -0.184. The molecule has 1 unspecified atom stereocenters. The van der Waals surface area contributed by atoms with E-state index in [-0.39, 0.29) is 18.1 Å². The maximum atomic E-state index is 13.7. The van der Waals surface area contributed by atoms with E-state index in [9.17, 15) is 22.8 Å². The van der Waals surface area contributed by atoms with E-state index in [1.165, 1.54) is 0 Å². The van der Waals surface area contributed by atoms with E-state index in [0.717, 1.165) is 21.3 Å². The first-order valence-corrected chi connectivity index (χ1v) is 18.1. The highest BCUT2D eigenvalue weighted by molar-refractivity contribution is 6.74. The Bertz CT molecular complexity index is 1640. The van der Waals surface area contributed by atoms with E-state index < -0.39 is 55.3 Å². The van der Waals surface area contributed by atoms with Gasteiger partial charge in [-0.25, -0.2) is 4.79 Å². The van der Waals surface area contributed by atoms with E-state index in [0.29, 0.717) is 6.20 Å². The molecule has 0 bridgehead atoms. The maximum Gasteiger partial charge on any atom is 0.423 e. The van der Waals surface area contributed by atoms with Crippen molar-refractivity contribution in [2.75, 3.05) is 6.61 Å². The number of hydrogen-bond donors (Lipinski definition) is 1. The highest BCUT2D eigenvalue weighted by Gasteiger charge is 2.47. The average Bonchev–Trinajstić information content (AvgIpc) is 3.39. The maximum absolute atomic E-state index is 13.7. The van der Waals surface area contributed by atoms with Crippen LogP contribution in [0.15, 0.2) is 107 Å². The molecule has 4 aromatic rings. The number of rotatable bonds is 9. The Morgan fingerprint density at radius 1 is 0.848 bits per heavy atom. The molecule has 0 aliphatic carbocycles. The number of aromatic nitrogens is 2. The highest BCUT2D eigenvalue weighted by Crippen LogP contribution is 2.44. The largest absolute Gasteiger partial charge is 0.423 e. The molecular weight excluding hydrogens is 613 g/mol. The number of nitrogens with one attached hydrogen (secondary N) is 1. The third-order valence-corrected chi connectivity index (χ3v) is 13.5. The molecule has 1 aliphatic rings. The van der Waals surface area contributed by atoms with Gasteiger partial charge in [0, 0.05) is 12.6 Å². The fourth-order valence-corrected chi connectivity index (χ4v) is 6.94. The predicted octanol–water partition coefficient (Wildman–Crippen LogP) is 7.24. The molecule has 2 heterocycles. The standard InChI is InChI=1S/C35H39F3N2O5Si/c1-33(2,3)46(4,5)45-28-21-30(40-22-27(35(36,37)38)31(41)39-32(40)42)44-29(28)23-43-34(24-15-9-6-10-16-24,25-17-11-7-12-18-25)26-19-13-8-14-20-26/h6-20,22,28-30H,21,23H2,1-5H3,(H,39,41,42)/t28?,29-,30-/m0/s1. The fourth-order valence-electron chi connectivity index (χ4n) is 5.58. The molecule has 3 atom stereocenters. The van der Waals surface area contributed by atoms with Crippen LogP contribution in [-0.4, -0.2) is 36.7 Å². The van der Waals surface area contributed by atoms with Gasteiger partial charge in [-0.3, -0.25) is 14.3 Å². The molecule has 3 aromatic carbocycles. The molecule has 0 amide bonds. The second-order valence-electron chi connectivity index (χ2n) is 13.1. The Morgan fingerprint density at radius 3 is 1.76 bits per heavy atom. The lowest BCUT2D eigenvalue weighted by Crippen LogP contribution is -2.47. The number of hydrogen-bond acceptors (Lipinski definition) is 5. The Labute approximate surface area is 267 Å². The summed E-state index contributed by atoms with van der Waals surface area (Å²) in [5.41, 5.74) is -2.44. The SMILES string of the molecule is CC(C)(C)[Si](C)(C)OC1C[C@@H](n2cc(C(F)(F)F)c(=O)[nH]c2=O)O[C@H]1COC(c1ccccc1)(c1ccccc1)c1ccccc1. The predicted molar refractivity (Wildman–Crippen MR) is 172 cm³/mol. The number of ether oxygens (including phenoxy) is 2. The molecule has 1 N–H and O–H groups in total. The zero-order chi connectivity index (χ0) is 33.3. The van der Waals surface area contributed by atoms with Crippen LogP contribution in [0.4, 0.5) is 13.2 Å². The van der Waals surface area contributed by atoms with Crippen molar-refractivity contribution in [2.24, 2.45) is 0 Å². The van der Waals surface area contributed by atoms with Crippen molar-refractivity contribution in [2.45, 2.75) is 75.5 Å². The van der Waals surface area contributed by atoms with Gasteiger partial charge in [-0.2, -0.15) is 13.2 Å². The second kappa shape index (κ2) is 12.8. The quantitative estimate of drug-likeness (QED) is 0.152. The summed E-state index contributed by atoms with van der Waals surface area (Å²) in [4.78, 5) is 26.7. The van der Waals surface area contributed by atoms with Crippen LogP contribution in [0.1, 0.15) is 55.7 Å². The molecule has 5 rings (SSSR count). The highest BCUT2D eigenvalue weighted by atomic mass is 28.4. The lowest BCUT2D eigenvalue weighted by Gasteiger charge is -2.40. The summed E-state index contributed by atoms with van der Waals surface area (Å²) in [5.74, 6) is 0. The van der Waals surface area contributed by atoms with E-state index in [2.05, 4.69) is 33.9 Å². The van der Waals surface area contributed by atoms with Gasteiger partial charge in [0.15, 0.2) is 8.32 Å². The monoisotopic (exact) mass is 652 g/mol. The molecule has 0 saturated carbocycles. The zero-order valence-electron chi connectivity index (χ0n) is 26.5.